The molecule has 3 rings (SSSR count). The minimum atomic E-state index is -0.362. The third-order valence-electron chi connectivity index (χ3n) is 4.36. The van der Waals surface area contributed by atoms with Crippen LogP contribution in [0.5, 0.6) is 0 Å². The van der Waals surface area contributed by atoms with Gasteiger partial charge in [-0.25, -0.2) is 14.2 Å². The number of likely N-dealkylation sites (tertiary alicyclic amines) is 1. The van der Waals surface area contributed by atoms with Gasteiger partial charge in [0.1, 0.15) is 18.1 Å². The minimum absolute atomic E-state index is 0.128. The van der Waals surface area contributed by atoms with E-state index in [1.54, 1.807) is 27.9 Å². The maximum Gasteiger partial charge on any atom is 0.410 e. The highest BCUT2D eigenvalue weighted by atomic mass is 32.1. The van der Waals surface area contributed by atoms with Crippen LogP contribution in [0.4, 0.5) is 9.18 Å². The van der Waals surface area contributed by atoms with Crippen LogP contribution < -0.4 is 5.32 Å². The largest absolute Gasteiger partial charge is 0.445 e. The van der Waals surface area contributed by atoms with Crippen LogP contribution in [0.3, 0.4) is 0 Å². The Morgan fingerprint density at radius 2 is 2.00 bits per heavy atom. The summed E-state index contributed by atoms with van der Waals surface area (Å²) in [5.41, 5.74) is 2.82. The van der Waals surface area contributed by atoms with Gasteiger partial charge in [-0.2, -0.15) is 0 Å². The van der Waals surface area contributed by atoms with E-state index in [0.717, 1.165) is 18.4 Å². The smallest absolute Gasteiger partial charge is 0.410 e. The SMILES string of the molecule is O=C(NCC1CCN(C(=O)OCc2ccc(F)cc2)CC1)c1cscn1. The van der Waals surface area contributed by atoms with Gasteiger partial charge in [0.05, 0.1) is 5.51 Å². The molecule has 6 nitrogen and oxygen atoms in total. The summed E-state index contributed by atoms with van der Waals surface area (Å²) in [6, 6.07) is 5.88. The Hall–Kier alpha value is -2.48. The minimum Gasteiger partial charge on any atom is -0.445 e. The lowest BCUT2D eigenvalue weighted by atomic mass is 9.97. The number of nitrogens with one attached hydrogen (secondary N) is 1. The Morgan fingerprint density at radius 1 is 1.27 bits per heavy atom. The van der Waals surface area contributed by atoms with Crippen molar-refractivity contribution in [3.8, 4) is 0 Å². The molecule has 2 aromatic rings. The van der Waals surface area contributed by atoms with Crippen LogP contribution in [-0.4, -0.2) is 41.5 Å². The summed E-state index contributed by atoms with van der Waals surface area (Å²) in [4.78, 5) is 29.7. The molecular formula is C18H20FN3O3S. The van der Waals surface area contributed by atoms with Crippen LogP contribution >= 0.6 is 11.3 Å². The summed E-state index contributed by atoms with van der Waals surface area (Å²) in [5.74, 6) is -0.143. The molecule has 0 radical (unpaired) electrons. The van der Waals surface area contributed by atoms with Crippen molar-refractivity contribution in [3.05, 3.63) is 52.2 Å². The van der Waals surface area contributed by atoms with Crippen LogP contribution in [0.15, 0.2) is 35.2 Å². The monoisotopic (exact) mass is 377 g/mol. The molecule has 1 N–H and O–H groups in total. The number of amides is 2. The molecule has 0 unspecified atom stereocenters. The van der Waals surface area contributed by atoms with Gasteiger partial charge in [-0.3, -0.25) is 4.79 Å². The van der Waals surface area contributed by atoms with E-state index in [-0.39, 0.29) is 24.4 Å². The van der Waals surface area contributed by atoms with E-state index in [1.165, 1.54) is 23.5 Å². The first-order chi connectivity index (χ1) is 12.6. The van der Waals surface area contributed by atoms with E-state index in [2.05, 4.69) is 10.3 Å². The van der Waals surface area contributed by atoms with Crippen molar-refractivity contribution < 1.29 is 18.7 Å². The number of nitrogens with zero attached hydrogens (tertiary/aromatic N) is 2. The van der Waals surface area contributed by atoms with Crippen LogP contribution in [0.2, 0.25) is 0 Å². The lowest BCUT2D eigenvalue weighted by Crippen LogP contribution is -2.41. The second-order valence-corrected chi connectivity index (χ2v) is 6.91. The highest BCUT2D eigenvalue weighted by molar-refractivity contribution is 7.07. The lowest BCUT2D eigenvalue weighted by Gasteiger charge is -2.31. The van der Waals surface area contributed by atoms with Gasteiger partial charge < -0.3 is 15.0 Å². The van der Waals surface area contributed by atoms with Crippen molar-refractivity contribution in [1.29, 1.82) is 0 Å². The third-order valence-corrected chi connectivity index (χ3v) is 4.95. The number of carbonyl (C=O) groups excluding carboxylic acids is 2. The molecular weight excluding hydrogens is 357 g/mol. The molecule has 2 heterocycles. The number of carbonyl (C=O) groups is 2. The fraction of sp³-hybridized carbons (Fsp3) is 0.389. The van der Waals surface area contributed by atoms with Crippen LogP contribution in [-0.2, 0) is 11.3 Å². The molecule has 138 valence electrons. The average Bonchev–Trinajstić information content (AvgIpc) is 3.21. The van der Waals surface area contributed by atoms with E-state index in [9.17, 15) is 14.0 Å². The van der Waals surface area contributed by atoms with Crippen molar-refractivity contribution in [2.45, 2.75) is 19.4 Å². The third kappa shape index (κ3) is 5.01. The summed E-state index contributed by atoms with van der Waals surface area (Å²) in [6.07, 6.45) is 1.26. The van der Waals surface area contributed by atoms with Gasteiger partial charge in [-0.1, -0.05) is 12.1 Å². The van der Waals surface area contributed by atoms with E-state index in [4.69, 9.17) is 4.74 Å². The van der Waals surface area contributed by atoms with Crippen LogP contribution in [0.25, 0.3) is 0 Å². The van der Waals surface area contributed by atoms with Crippen LogP contribution in [0.1, 0.15) is 28.9 Å². The first kappa shape index (κ1) is 18.3. The molecule has 26 heavy (non-hydrogen) atoms. The lowest BCUT2D eigenvalue weighted by molar-refractivity contribution is 0.0800. The Bertz CT molecular complexity index is 729. The number of benzene rings is 1. The number of piperidine rings is 1. The standard InChI is InChI=1S/C18H20FN3O3S/c19-15-3-1-14(2-4-15)10-25-18(24)22-7-5-13(6-8-22)9-20-17(23)16-11-26-12-21-16/h1-4,11-13H,5-10H2,(H,20,23). The Kier molecular flexibility index (Phi) is 6.17. The summed E-state index contributed by atoms with van der Waals surface area (Å²) < 4.78 is 18.1. The second kappa shape index (κ2) is 8.75. The van der Waals surface area contributed by atoms with Gasteiger partial charge >= 0.3 is 6.09 Å². The molecule has 1 aromatic heterocycles. The molecule has 1 saturated heterocycles. The first-order valence-electron chi connectivity index (χ1n) is 8.44. The molecule has 8 heteroatoms. The quantitative estimate of drug-likeness (QED) is 0.869. The fourth-order valence-electron chi connectivity index (χ4n) is 2.79. The molecule has 0 aliphatic carbocycles. The predicted molar refractivity (Wildman–Crippen MR) is 95.3 cm³/mol. The Morgan fingerprint density at radius 3 is 2.65 bits per heavy atom. The summed E-state index contributed by atoms with van der Waals surface area (Å²) >= 11 is 1.39. The van der Waals surface area contributed by atoms with Crippen LogP contribution in [0, 0.1) is 11.7 Å². The number of halogens is 1. The van der Waals surface area contributed by atoms with Crippen molar-refractivity contribution in [3.63, 3.8) is 0 Å². The van der Waals surface area contributed by atoms with Crippen molar-refractivity contribution in [1.82, 2.24) is 15.2 Å². The molecule has 0 spiro atoms. The maximum atomic E-state index is 12.9. The maximum absolute atomic E-state index is 12.9. The number of thiazole rings is 1. The number of rotatable bonds is 5. The molecule has 1 fully saturated rings. The van der Waals surface area contributed by atoms with Gasteiger partial charge in [0.15, 0.2) is 0 Å². The summed E-state index contributed by atoms with van der Waals surface area (Å²) in [6.45, 7) is 1.90. The highest BCUT2D eigenvalue weighted by Crippen LogP contribution is 2.18. The molecule has 1 aliphatic rings. The first-order valence-corrected chi connectivity index (χ1v) is 9.38. The van der Waals surface area contributed by atoms with Gasteiger partial charge in [0.25, 0.3) is 5.91 Å². The average molecular weight is 377 g/mol. The van der Waals surface area contributed by atoms with E-state index in [0.29, 0.717) is 31.2 Å². The van der Waals surface area contributed by atoms with E-state index >= 15 is 0 Å². The summed E-state index contributed by atoms with van der Waals surface area (Å²) in [5, 5.41) is 4.61. The van der Waals surface area contributed by atoms with Crippen molar-refractivity contribution in [2.24, 2.45) is 5.92 Å². The number of hydrogen-bond acceptors (Lipinski definition) is 5. The van der Waals surface area contributed by atoms with Gasteiger partial charge in [-0.15, -0.1) is 11.3 Å². The zero-order chi connectivity index (χ0) is 18.4. The normalized spacial score (nSPS) is 14.9. The van der Waals surface area contributed by atoms with Crippen molar-refractivity contribution >= 4 is 23.3 Å². The van der Waals surface area contributed by atoms with Gasteiger partial charge in [-0.05, 0) is 36.5 Å². The molecule has 0 bridgehead atoms. The molecule has 1 aliphatic heterocycles. The van der Waals surface area contributed by atoms with E-state index < -0.39 is 0 Å². The number of aromatic nitrogens is 1. The van der Waals surface area contributed by atoms with Gasteiger partial charge in [0.2, 0.25) is 0 Å². The van der Waals surface area contributed by atoms with E-state index in [1.807, 2.05) is 0 Å². The topological polar surface area (TPSA) is 71.5 Å². The molecule has 1 aromatic carbocycles. The Balaban J connectivity index is 1.37. The highest BCUT2D eigenvalue weighted by Gasteiger charge is 2.24. The molecule has 2 amide bonds. The van der Waals surface area contributed by atoms with Crippen molar-refractivity contribution in [2.75, 3.05) is 19.6 Å². The zero-order valence-electron chi connectivity index (χ0n) is 14.2. The number of hydrogen-bond donors (Lipinski definition) is 1. The predicted octanol–water partition coefficient (Wildman–Crippen LogP) is 3.06. The molecule has 0 saturated carbocycles. The Labute approximate surface area is 155 Å². The zero-order valence-corrected chi connectivity index (χ0v) is 15.0. The summed E-state index contributed by atoms with van der Waals surface area (Å²) in [7, 11) is 0. The van der Waals surface area contributed by atoms with Gasteiger partial charge in [0, 0.05) is 25.0 Å². The number of ether oxygens (including phenoxy) is 1. The second-order valence-electron chi connectivity index (χ2n) is 6.20. The molecule has 0 atom stereocenters. The fourth-order valence-corrected chi connectivity index (χ4v) is 3.32.